The molecule has 0 saturated carbocycles. The minimum absolute atomic E-state index is 0.00827. The fourth-order valence-corrected chi connectivity index (χ4v) is 1.64. The van der Waals surface area contributed by atoms with E-state index >= 15 is 0 Å². The van der Waals surface area contributed by atoms with Crippen molar-refractivity contribution in [3.8, 4) is 0 Å². The molecule has 1 aromatic heterocycles. The van der Waals surface area contributed by atoms with Gasteiger partial charge in [-0.3, -0.25) is 10.1 Å². The monoisotopic (exact) mass is 237 g/mol. The van der Waals surface area contributed by atoms with Gasteiger partial charge in [0, 0.05) is 32.2 Å². The van der Waals surface area contributed by atoms with E-state index in [4.69, 9.17) is 0 Å². The van der Waals surface area contributed by atoms with Crippen LogP contribution in [-0.4, -0.2) is 53.0 Å². The van der Waals surface area contributed by atoms with Gasteiger partial charge < -0.3 is 10.3 Å². The van der Waals surface area contributed by atoms with Gasteiger partial charge in [0.15, 0.2) is 0 Å². The normalized spacial score (nSPS) is 17.9. The summed E-state index contributed by atoms with van der Waals surface area (Å²) in [5.41, 5.74) is 3.15. The van der Waals surface area contributed by atoms with E-state index in [1.807, 2.05) is 0 Å². The molecule has 1 aliphatic heterocycles. The lowest BCUT2D eigenvalue weighted by molar-refractivity contribution is -0.385. The lowest BCUT2D eigenvalue weighted by Gasteiger charge is -2.32. The Bertz CT molecular complexity index is 386. The summed E-state index contributed by atoms with van der Waals surface area (Å²) in [7, 11) is 2.08. The average Bonchev–Trinajstić information content (AvgIpc) is 2.33. The summed E-state index contributed by atoms with van der Waals surface area (Å²) in [6, 6.07) is 3.07. The Hall–Kier alpha value is -1.73. The maximum atomic E-state index is 10.5. The van der Waals surface area contributed by atoms with Crippen molar-refractivity contribution >= 4 is 11.5 Å². The Balaban J connectivity index is 1.92. The van der Waals surface area contributed by atoms with E-state index in [0.717, 1.165) is 26.2 Å². The van der Waals surface area contributed by atoms with Gasteiger partial charge in [-0.1, -0.05) is 0 Å². The Morgan fingerprint density at radius 3 is 2.59 bits per heavy atom. The predicted octanol–water partition coefficient (Wildman–Crippen LogP) is 0.564. The van der Waals surface area contributed by atoms with E-state index in [1.165, 1.54) is 12.3 Å². The van der Waals surface area contributed by atoms with Crippen LogP contribution < -0.4 is 5.43 Å². The molecular weight excluding hydrogens is 222 g/mol. The first-order valence-corrected chi connectivity index (χ1v) is 5.46. The summed E-state index contributed by atoms with van der Waals surface area (Å²) in [6.07, 6.45) is 1.26. The molecule has 92 valence electrons. The van der Waals surface area contributed by atoms with Crippen LogP contribution in [0.1, 0.15) is 0 Å². The van der Waals surface area contributed by atoms with Crippen LogP contribution in [0.15, 0.2) is 18.3 Å². The van der Waals surface area contributed by atoms with Gasteiger partial charge in [0.1, 0.15) is 12.0 Å². The van der Waals surface area contributed by atoms with Crippen LogP contribution in [0.3, 0.4) is 0 Å². The van der Waals surface area contributed by atoms with Gasteiger partial charge in [-0.2, -0.15) is 0 Å². The standard InChI is InChI=1S/C10H15N5O2/c1-13-4-6-14(7-5-13)12-10-3-2-9(8-11-10)15(16)17/h2-3,8H,4-7H2,1H3,(H,11,12). The number of nitro groups is 1. The highest BCUT2D eigenvalue weighted by molar-refractivity contribution is 5.39. The van der Waals surface area contributed by atoms with E-state index in [-0.39, 0.29) is 5.69 Å². The lowest BCUT2D eigenvalue weighted by atomic mass is 10.4. The molecule has 17 heavy (non-hydrogen) atoms. The highest BCUT2D eigenvalue weighted by Gasteiger charge is 2.14. The van der Waals surface area contributed by atoms with Crippen molar-refractivity contribution in [3.05, 3.63) is 28.4 Å². The Kier molecular flexibility index (Phi) is 3.50. The van der Waals surface area contributed by atoms with Crippen LogP contribution in [0.4, 0.5) is 11.5 Å². The zero-order valence-electron chi connectivity index (χ0n) is 9.67. The molecule has 0 bridgehead atoms. The molecule has 7 heteroatoms. The number of likely N-dealkylation sites (N-methyl/N-ethyl adjacent to an activating group) is 1. The molecule has 0 atom stereocenters. The highest BCUT2D eigenvalue weighted by atomic mass is 16.6. The van der Waals surface area contributed by atoms with Gasteiger partial charge in [0.05, 0.1) is 4.92 Å². The lowest BCUT2D eigenvalue weighted by Crippen LogP contribution is -2.47. The minimum Gasteiger partial charge on any atom is -0.304 e. The van der Waals surface area contributed by atoms with Crippen LogP contribution >= 0.6 is 0 Å². The van der Waals surface area contributed by atoms with Crippen molar-refractivity contribution in [2.75, 3.05) is 38.7 Å². The van der Waals surface area contributed by atoms with Crippen LogP contribution in [0.2, 0.25) is 0 Å². The van der Waals surface area contributed by atoms with Crippen molar-refractivity contribution in [1.82, 2.24) is 14.9 Å². The SMILES string of the molecule is CN1CCN(Nc2ccc([N+](=O)[O-])cn2)CC1. The fourth-order valence-electron chi connectivity index (χ4n) is 1.64. The summed E-state index contributed by atoms with van der Waals surface area (Å²) in [5.74, 6) is 0.639. The number of aromatic nitrogens is 1. The third kappa shape index (κ3) is 3.11. The zero-order chi connectivity index (χ0) is 12.3. The third-order valence-electron chi connectivity index (χ3n) is 2.73. The van der Waals surface area contributed by atoms with E-state index in [9.17, 15) is 10.1 Å². The van der Waals surface area contributed by atoms with Gasteiger partial charge in [0.25, 0.3) is 5.69 Å². The summed E-state index contributed by atoms with van der Waals surface area (Å²) in [6.45, 7) is 3.82. The molecular formula is C10H15N5O2. The van der Waals surface area contributed by atoms with Crippen molar-refractivity contribution in [2.45, 2.75) is 0 Å². The van der Waals surface area contributed by atoms with Gasteiger partial charge in [-0.25, -0.2) is 9.99 Å². The maximum Gasteiger partial charge on any atom is 0.287 e. The maximum absolute atomic E-state index is 10.5. The number of nitrogens with zero attached hydrogens (tertiary/aromatic N) is 4. The van der Waals surface area contributed by atoms with Crippen LogP contribution in [-0.2, 0) is 0 Å². The molecule has 0 aliphatic carbocycles. The van der Waals surface area contributed by atoms with Crippen LogP contribution in [0.25, 0.3) is 0 Å². The second kappa shape index (κ2) is 5.07. The summed E-state index contributed by atoms with van der Waals surface area (Å²) < 4.78 is 0. The van der Waals surface area contributed by atoms with E-state index < -0.39 is 4.92 Å². The molecule has 0 amide bonds. The van der Waals surface area contributed by atoms with Gasteiger partial charge >= 0.3 is 0 Å². The molecule has 1 fully saturated rings. The predicted molar refractivity (Wildman–Crippen MR) is 63.6 cm³/mol. The summed E-state index contributed by atoms with van der Waals surface area (Å²) >= 11 is 0. The zero-order valence-corrected chi connectivity index (χ0v) is 9.67. The number of piperazine rings is 1. The van der Waals surface area contributed by atoms with Crippen LogP contribution in [0.5, 0.6) is 0 Å². The fraction of sp³-hybridized carbons (Fsp3) is 0.500. The van der Waals surface area contributed by atoms with E-state index in [2.05, 4.69) is 27.4 Å². The second-order valence-electron chi connectivity index (χ2n) is 4.06. The average molecular weight is 237 g/mol. The van der Waals surface area contributed by atoms with E-state index in [1.54, 1.807) is 6.07 Å². The largest absolute Gasteiger partial charge is 0.304 e. The molecule has 7 nitrogen and oxygen atoms in total. The first-order chi connectivity index (χ1) is 8.15. The highest BCUT2D eigenvalue weighted by Crippen LogP contribution is 2.12. The summed E-state index contributed by atoms with van der Waals surface area (Å²) in [5, 5.41) is 12.5. The number of anilines is 1. The molecule has 2 rings (SSSR count). The van der Waals surface area contributed by atoms with Crippen molar-refractivity contribution in [1.29, 1.82) is 0 Å². The van der Waals surface area contributed by atoms with Crippen molar-refractivity contribution < 1.29 is 4.92 Å². The molecule has 0 unspecified atom stereocenters. The number of pyridine rings is 1. The molecule has 0 aromatic carbocycles. The van der Waals surface area contributed by atoms with Gasteiger partial charge in [-0.05, 0) is 13.1 Å². The second-order valence-corrected chi connectivity index (χ2v) is 4.06. The van der Waals surface area contributed by atoms with Crippen LogP contribution in [0, 0.1) is 10.1 Å². The van der Waals surface area contributed by atoms with Gasteiger partial charge in [0.2, 0.25) is 0 Å². The summed E-state index contributed by atoms with van der Waals surface area (Å²) in [4.78, 5) is 16.3. The molecule has 1 N–H and O–H groups in total. The molecule has 2 heterocycles. The topological polar surface area (TPSA) is 74.5 Å². The minimum atomic E-state index is -0.452. The number of nitrogens with one attached hydrogen (secondary N) is 1. The Morgan fingerprint density at radius 2 is 2.06 bits per heavy atom. The number of hydrogen-bond donors (Lipinski definition) is 1. The number of hydrogen-bond acceptors (Lipinski definition) is 6. The first kappa shape index (κ1) is 11.7. The molecule has 0 spiro atoms. The Labute approximate surface area is 99.2 Å². The molecule has 1 aromatic rings. The molecule has 0 radical (unpaired) electrons. The number of hydrazine groups is 1. The smallest absolute Gasteiger partial charge is 0.287 e. The third-order valence-corrected chi connectivity index (χ3v) is 2.73. The van der Waals surface area contributed by atoms with Gasteiger partial charge in [-0.15, -0.1) is 0 Å². The van der Waals surface area contributed by atoms with Crippen molar-refractivity contribution in [2.24, 2.45) is 0 Å². The number of rotatable bonds is 3. The van der Waals surface area contributed by atoms with Crippen molar-refractivity contribution in [3.63, 3.8) is 0 Å². The quantitative estimate of drug-likeness (QED) is 0.611. The molecule has 1 saturated heterocycles. The van der Waals surface area contributed by atoms with E-state index in [0.29, 0.717) is 5.82 Å². The molecule has 1 aliphatic rings. The Morgan fingerprint density at radius 1 is 1.35 bits per heavy atom. The first-order valence-electron chi connectivity index (χ1n) is 5.46.